The number of phenolic OH excluding ortho intramolecular Hbond substituents is 2. The molecule has 0 aliphatic heterocycles. The Labute approximate surface area is 97.1 Å². The molecule has 0 unspecified atom stereocenters. The van der Waals surface area contributed by atoms with E-state index in [-0.39, 0.29) is 46.6 Å². The number of aliphatic carboxylic acids is 1. The molecule has 64 valence electrons. The Kier molecular flexibility index (Phi) is 4.83. The molecule has 2 N–H and O–H groups in total. The van der Waals surface area contributed by atoms with Crippen LogP contribution in [0.1, 0.15) is 5.56 Å². The Hall–Kier alpha value is -0.710. The van der Waals surface area contributed by atoms with Crippen LogP contribution in [0.2, 0.25) is 0 Å². The van der Waals surface area contributed by atoms with Crippen molar-refractivity contribution in [1.82, 2.24) is 0 Å². The number of hydrogen-bond donors (Lipinski definition) is 2. The van der Waals surface area contributed by atoms with Gasteiger partial charge in [0.1, 0.15) is 11.5 Å². The van der Waals surface area contributed by atoms with E-state index in [1.54, 1.807) is 0 Å². The quantitative estimate of drug-likeness (QED) is 0.373. The fraction of sp³-hybridized carbons (Fsp3) is 0.125. The van der Waals surface area contributed by atoms with Crippen LogP contribution in [0.25, 0.3) is 0 Å². The second-order valence-electron chi connectivity index (χ2n) is 2.36. The van der Waals surface area contributed by atoms with Gasteiger partial charge in [-0.3, -0.25) is 0 Å². The molecule has 0 spiro atoms. The van der Waals surface area contributed by atoms with E-state index in [0.29, 0.717) is 0 Å². The van der Waals surface area contributed by atoms with Gasteiger partial charge in [0, 0.05) is 18.0 Å². The Morgan fingerprint density at radius 3 is 2.54 bits per heavy atom. The van der Waals surface area contributed by atoms with E-state index in [9.17, 15) is 9.90 Å². The number of carboxylic acids is 1. The topological polar surface area (TPSA) is 80.6 Å². The summed E-state index contributed by atoms with van der Waals surface area (Å²) in [6.07, 6.45) is -0.403. The van der Waals surface area contributed by atoms with Crippen molar-refractivity contribution in [2.45, 2.75) is 6.42 Å². The van der Waals surface area contributed by atoms with Gasteiger partial charge in [0.15, 0.2) is 0 Å². The molecule has 0 radical (unpaired) electrons. The summed E-state index contributed by atoms with van der Waals surface area (Å²) >= 11 is 0. The van der Waals surface area contributed by atoms with Crippen LogP contribution < -0.4 is 34.7 Å². The molecule has 5 heteroatoms. The van der Waals surface area contributed by atoms with E-state index in [1.807, 2.05) is 0 Å². The zero-order valence-corrected chi connectivity index (χ0v) is 9.15. The molecule has 0 fully saturated rings. The molecule has 0 aromatic heterocycles. The minimum Gasteiger partial charge on any atom is -0.550 e. The Bertz CT molecular complexity index is 311. The van der Waals surface area contributed by atoms with E-state index < -0.39 is 12.4 Å². The maximum Gasteiger partial charge on any atom is 1.00 e. The smallest absolute Gasteiger partial charge is 0.550 e. The van der Waals surface area contributed by atoms with E-state index in [4.69, 9.17) is 10.2 Å². The first-order valence-corrected chi connectivity index (χ1v) is 3.30. The molecular formula is C8H7NaO4. The minimum absolute atomic E-state index is 0. The number of carbonyl (C=O) groups excluding carboxylic acids is 1. The largest absolute Gasteiger partial charge is 1.00 e. The van der Waals surface area contributed by atoms with Crippen LogP contribution in [0, 0.1) is 0 Å². The zero-order chi connectivity index (χ0) is 9.14. The third kappa shape index (κ3) is 3.67. The van der Waals surface area contributed by atoms with Gasteiger partial charge in [-0.2, -0.15) is 0 Å². The van der Waals surface area contributed by atoms with Crippen LogP contribution in [-0.4, -0.2) is 16.2 Å². The van der Waals surface area contributed by atoms with Gasteiger partial charge in [-0.15, -0.1) is 0 Å². The molecule has 1 aromatic rings. The van der Waals surface area contributed by atoms with Gasteiger partial charge in [-0.25, -0.2) is 0 Å². The van der Waals surface area contributed by atoms with Crippen molar-refractivity contribution in [3.63, 3.8) is 0 Å². The van der Waals surface area contributed by atoms with Crippen LogP contribution >= 0.6 is 0 Å². The fourth-order valence-corrected chi connectivity index (χ4v) is 0.869. The van der Waals surface area contributed by atoms with Crippen molar-refractivity contribution in [2.75, 3.05) is 0 Å². The summed E-state index contributed by atoms with van der Waals surface area (Å²) < 4.78 is 0. The summed E-state index contributed by atoms with van der Waals surface area (Å²) in [6, 6.07) is 3.69. The van der Waals surface area contributed by atoms with Crippen LogP contribution in [0.3, 0.4) is 0 Å². The Morgan fingerprint density at radius 2 is 2.00 bits per heavy atom. The van der Waals surface area contributed by atoms with Crippen LogP contribution in [-0.2, 0) is 11.2 Å². The molecule has 0 saturated heterocycles. The minimum atomic E-state index is -1.30. The van der Waals surface area contributed by atoms with Gasteiger partial charge in [-0.05, 0) is 18.2 Å². The third-order valence-electron chi connectivity index (χ3n) is 1.40. The van der Waals surface area contributed by atoms with Gasteiger partial charge in [0.25, 0.3) is 0 Å². The van der Waals surface area contributed by atoms with E-state index >= 15 is 0 Å². The number of phenols is 2. The number of carbonyl (C=O) groups is 1. The molecule has 1 rings (SSSR count). The first-order valence-electron chi connectivity index (χ1n) is 3.30. The van der Waals surface area contributed by atoms with Gasteiger partial charge < -0.3 is 20.1 Å². The van der Waals surface area contributed by atoms with Crippen molar-refractivity contribution in [3.05, 3.63) is 23.8 Å². The monoisotopic (exact) mass is 190 g/mol. The first-order chi connectivity index (χ1) is 5.59. The standard InChI is InChI=1S/C8H8O4.Na/c9-6-1-2-7(10)5(3-6)4-8(11)12;/h1-3,9-10H,4H2,(H,11,12);/q;+1/p-1. The Morgan fingerprint density at radius 1 is 1.38 bits per heavy atom. The fourth-order valence-electron chi connectivity index (χ4n) is 0.869. The molecule has 0 saturated carbocycles. The third-order valence-corrected chi connectivity index (χ3v) is 1.40. The summed E-state index contributed by atoms with van der Waals surface area (Å²) in [6.45, 7) is 0. The van der Waals surface area contributed by atoms with Crippen LogP contribution in [0.15, 0.2) is 18.2 Å². The van der Waals surface area contributed by atoms with Crippen molar-refractivity contribution in [3.8, 4) is 11.5 Å². The van der Waals surface area contributed by atoms with E-state index in [1.165, 1.54) is 18.2 Å². The average molecular weight is 190 g/mol. The molecule has 13 heavy (non-hydrogen) atoms. The maximum absolute atomic E-state index is 10.1. The molecule has 0 amide bonds. The van der Waals surface area contributed by atoms with Crippen LogP contribution in [0.5, 0.6) is 11.5 Å². The van der Waals surface area contributed by atoms with Crippen molar-refractivity contribution in [1.29, 1.82) is 0 Å². The van der Waals surface area contributed by atoms with Gasteiger partial charge in [0.05, 0.1) is 0 Å². The Balaban J connectivity index is 0.00000144. The summed E-state index contributed by atoms with van der Waals surface area (Å²) in [5, 5.41) is 28.1. The van der Waals surface area contributed by atoms with E-state index in [2.05, 4.69) is 0 Å². The molecule has 0 heterocycles. The number of rotatable bonds is 2. The van der Waals surface area contributed by atoms with Gasteiger partial charge in [0.2, 0.25) is 0 Å². The molecule has 0 aliphatic carbocycles. The predicted molar refractivity (Wildman–Crippen MR) is 38.5 cm³/mol. The number of aromatic hydroxyl groups is 2. The molecule has 0 bridgehead atoms. The van der Waals surface area contributed by atoms with Gasteiger partial charge >= 0.3 is 29.6 Å². The van der Waals surface area contributed by atoms with E-state index in [0.717, 1.165) is 0 Å². The normalized spacial score (nSPS) is 8.92. The maximum atomic E-state index is 10.1. The number of carboxylic acid groups (broad SMARTS) is 1. The second kappa shape index (κ2) is 5.11. The molecular weight excluding hydrogens is 183 g/mol. The molecule has 0 aliphatic rings. The van der Waals surface area contributed by atoms with Crippen molar-refractivity contribution < 1.29 is 49.7 Å². The molecule has 4 nitrogen and oxygen atoms in total. The first kappa shape index (κ1) is 12.3. The summed E-state index contributed by atoms with van der Waals surface area (Å²) in [5.41, 5.74) is 0.148. The SMILES string of the molecule is O=C([O-])Cc1cc(O)ccc1O.[Na+]. The molecule has 0 atom stereocenters. The van der Waals surface area contributed by atoms with Crippen molar-refractivity contribution in [2.24, 2.45) is 0 Å². The summed E-state index contributed by atoms with van der Waals surface area (Å²) in [7, 11) is 0. The second-order valence-corrected chi connectivity index (χ2v) is 2.36. The van der Waals surface area contributed by atoms with Crippen molar-refractivity contribution >= 4 is 5.97 Å². The summed E-state index contributed by atoms with van der Waals surface area (Å²) in [5.74, 6) is -1.53. The molecule has 1 aromatic carbocycles. The summed E-state index contributed by atoms with van der Waals surface area (Å²) in [4.78, 5) is 10.1. The predicted octanol–water partition coefficient (Wildman–Crippen LogP) is -3.61. The van der Waals surface area contributed by atoms with Gasteiger partial charge in [-0.1, -0.05) is 0 Å². The van der Waals surface area contributed by atoms with Crippen LogP contribution in [0.4, 0.5) is 0 Å². The average Bonchev–Trinajstić information content (AvgIpc) is 1.96. The number of hydrogen-bond acceptors (Lipinski definition) is 4. The number of benzene rings is 1. The zero-order valence-electron chi connectivity index (χ0n) is 7.15.